The molecule has 0 spiro atoms. The van der Waals surface area contributed by atoms with E-state index in [2.05, 4.69) is 66.8 Å². The Balaban J connectivity index is 1.89. The molecule has 0 fully saturated rings. The zero-order valence-electron chi connectivity index (χ0n) is 10.1. The molecule has 2 aromatic rings. The Morgan fingerprint density at radius 2 is 1.65 bits per heavy atom. The zero-order valence-corrected chi connectivity index (χ0v) is 10.1. The van der Waals surface area contributed by atoms with E-state index in [0.29, 0.717) is 12.0 Å². The molecule has 0 saturated heterocycles. The molecular weight excluding hydrogens is 206 g/mol. The summed E-state index contributed by atoms with van der Waals surface area (Å²) in [6.45, 7) is 2.27. The van der Waals surface area contributed by atoms with Crippen LogP contribution in [0.4, 0.5) is 5.69 Å². The van der Waals surface area contributed by atoms with Crippen molar-refractivity contribution in [2.75, 3.05) is 5.32 Å². The number of hydrogen-bond donors (Lipinski definition) is 1. The summed E-state index contributed by atoms with van der Waals surface area (Å²) in [5.41, 5.74) is 4.19. The summed E-state index contributed by atoms with van der Waals surface area (Å²) < 4.78 is 0. The maximum absolute atomic E-state index is 3.57. The molecule has 0 unspecified atom stereocenters. The van der Waals surface area contributed by atoms with E-state index >= 15 is 0 Å². The fourth-order valence-electron chi connectivity index (χ4n) is 2.72. The molecule has 0 amide bonds. The van der Waals surface area contributed by atoms with Gasteiger partial charge in [-0.05, 0) is 30.5 Å². The van der Waals surface area contributed by atoms with Crippen molar-refractivity contribution in [2.45, 2.75) is 25.3 Å². The van der Waals surface area contributed by atoms with Crippen LogP contribution >= 0.6 is 0 Å². The van der Waals surface area contributed by atoms with Crippen molar-refractivity contribution in [1.82, 2.24) is 0 Å². The van der Waals surface area contributed by atoms with Crippen LogP contribution in [0.3, 0.4) is 0 Å². The van der Waals surface area contributed by atoms with Crippen LogP contribution < -0.4 is 5.32 Å². The van der Waals surface area contributed by atoms with Crippen molar-refractivity contribution in [3.63, 3.8) is 0 Å². The lowest BCUT2D eigenvalue weighted by Crippen LogP contribution is -2.17. The third kappa shape index (κ3) is 1.93. The molecule has 2 aromatic carbocycles. The summed E-state index contributed by atoms with van der Waals surface area (Å²) in [6.07, 6.45) is 1.12. The third-order valence-electron chi connectivity index (χ3n) is 3.65. The van der Waals surface area contributed by atoms with Crippen LogP contribution in [0.15, 0.2) is 54.6 Å². The van der Waals surface area contributed by atoms with Crippen molar-refractivity contribution in [3.8, 4) is 0 Å². The van der Waals surface area contributed by atoms with E-state index in [-0.39, 0.29) is 0 Å². The largest absolute Gasteiger partial charge is 0.382 e. The average Bonchev–Trinajstić information content (AvgIpc) is 2.68. The summed E-state index contributed by atoms with van der Waals surface area (Å²) in [4.78, 5) is 0. The maximum Gasteiger partial charge on any atom is 0.0378 e. The molecule has 0 aromatic heterocycles. The van der Waals surface area contributed by atoms with E-state index in [4.69, 9.17) is 0 Å². The molecule has 1 aliphatic rings. The highest BCUT2D eigenvalue weighted by Gasteiger charge is 2.28. The van der Waals surface area contributed by atoms with Crippen molar-refractivity contribution in [1.29, 1.82) is 0 Å². The lowest BCUT2D eigenvalue weighted by molar-refractivity contribution is 0.629. The van der Waals surface area contributed by atoms with Crippen LogP contribution in [0.5, 0.6) is 0 Å². The fraction of sp³-hybridized carbons (Fsp3) is 0.250. The minimum atomic E-state index is 0.521. The SMILES string of the molecule is C[C@H]1Nc2ccccc2[C@H]1Cc1ccccc1. The quantitative estimate of drug-likeness (QED) is 0.816. The normalized spacial score (nSPS) is 21.9. The highest BCUT2D eigenvalue weighted by Crippen LogP contribution is 2.37. The highest BCUT2D eigenvalue weighted by atomic mass is 15.0. The molecule has 0 bridgehead atoms. The molecule has 2 atom stereocenters. The number of anilines is 1. The van der Waals surface area contributed by atoms with Crippen LogP contribution in [-0.2, 0) is 6.42 Å². The standard InChI is InChI=1S/C16H17N/c1-12-15(11-13-7-3-2-4-8-13)14-9-5-6-10-16(14)17-12/h2-10,12,15,17H,11H2,1H3/t12-,15+/m1/s1. The summed E-state index contributed by atoms with van der Waals surface area (Å²) >= 11 is 0. The molecule has 0 saturated carbocycles. The van der Waals surface area contributed by atoms with E-state index in [1.54, 1.807) is 0 Å². The molecule has 0 radical (unpaired) electrons. The van der Waals surface area contributed by atoms with Crippen LogP contribution in [0.1, 0.15) is 24.0 Å². The lowest BCUT2D eigenvalue weighted by atomic mass is 9.89. The Kier molecular flexibility index (Phi) is 2.60. The molecule has 17 heavy (non-hydrogen) atoms. The lowest BCUT2D eigenvalue weighted by Gasteiger charge is -2.16. The highest BCUT2D eigenvalue weighted by molar-refractivity contribution is 5.59. The van der Waals surface area contributed by atoms with E-state index in [1.165, 1.54) is 16.8 Å². The van der Waals surface area contributed by atoms with Gasteiger partial charge in [-0.15, -0.1) is 0 Å². The van der Waals surface area contributed by atoms with E-state index in [1.807, 2.05) is 0 Å². The molecule has 1 N–H and O–H groups in total. The molecular formula is C16H17N. The van der Waals surface area contributed by atoms with E-state index in [0.717, 1.165) is 6.42 Å². The van der Waals surface area contributed by atoms with Gasteiger partial charge in [-0.3, -0.25) is 0 Å². The second kappa shape index (κ2) is 4.25. The molecule has 1 nitrogen and oxygen atoms in total. The summed E-state index contributed by atoms with van der Waals surface area (Å²) in [5, 5.41) is 3.57. The minimum absolute atomic E-state index is 0.521. The number of hydrogen-bond acceptors (Lipinski definition) is 1. The second-order valence-electron chi connectivity index (χ2n) is 4.82. The van der Waals surface area contributed by atoms with Gasteiger partial charge in [-0.2, -0.15) is 0 Å². The van der Waals surface area contributed by atoms with Gasteiger partial charge in [0.15, 0.2) is 0 Å². The Morgan fingerprint density at radius 3 is 2.47 bits per heavy atom. The monoisotopic (exact) mass is 223 g/mol. The van der Waals surface area contributed by atoms with E-state index in [9.17, 15) is 0 Å². The predicted octanol–water partition coefficient (Wildman–Crippen LogP) is 3.83. The Morgan fingerprint density at radius 1 is 0.941 bits per heavy atom. The summed E-state index contributed by atoms with van der Waals surface area (Å²) in [5.74, 6) is 0.591. The first-order valence-corrected chi connectivity index (χ1v) is 6.24. The Hall–Kier alpha value is -1.76. The van der Waals surface area contributed by atoms with Gasteiger partial charge in [0, 0.05) is 17.6 Å². The van der Waals surface area contributed by atoms with Gasteiger partial charge >= 0.3 is 0 Å². The van der Waals surface area contributed by atoms with Crippen molar-refractivity contribution < 1.29 is 0 Å². The Bertz CT molecular complexity index is 504. The number of benzene rings is 2. The van der Waals surface area contributed by atoms with Crippen LogP contribution in [0.25, 0.3) is 0 Å². The van der Waals surface area contributed by atoms with Gasteiger partial charge < -0.3 is 5.32 Å². The first-order chi connectivity index (χ1) is 8.34. The smallest absolute Gasteiger partial charge is 0.0378 e. The number of para-hydroxylation sites is 1. The summed E-state index contributed by atoms with van der Waals surface area (Å²) in [7, 11) is 0. The van der Waals surface area contributed by atoms with Crippen LogP contribution in [0, 0.1) is 0 Å². The number of nitrogens with one attached hydrogen (secondary N) is 1. The second-order valence-corrected chi connectivity index (χ2v) is 4.82. The van der Waals surface area contributed by atoms with Crippen LogP contribution in [0.2, 0.25) is 0 Å². The molecule has 86 valence electrons. The van der Waals surface area contributed by atoms with Gasteiger partial charge in [0.05, 0.1) is 0 Å². The molecule has 0 aliphatic carbocycles. The molecule has 1 heterocycles. The maximum atomic E-state index is 3.57. The third-order valence-corrected chi connectivity index (χ3v) is 3.65. The van der Waals surface area contributed by atoms with Gasteiger partial charge in [0.25, 0.3) is 0 Å². The number of rotatable bonds is 2. The van der Waals surface area contributed by atoms with Crippen molar-refractivity contribution in [2.24, 2.45) is 0 Å². The first kappa shape index (κ1) is 10.4. The van der Waals surface area contributed by atoms with Crippen LogP contribution in [-0.4, -0.2) is 6.04 Å². The van der Waals surface area contributed by atoms with Gasteiger partial charge in [0.2, 0.25) is 0 Å². The predicted molar refractivity (Wildman–Crippen MR) is 72.4 cm³/mol. The summed E-state index contributed by atoms with van der Waals surface area (Å²) in [6, 6.07) is 19.9. The zero-order chi connectivity index (χ0) is 11.7. The van der Waals surface area contributed by atoms with Gasteiger partial charge in [0.1, 0.15) is 0 Å². The van der Waals surface area contributed by atoms with Crippen molar-refractivity contribution in [3.05, 3.63) is 65.7 Å². The molecule has 1 aliphatic heterocycles. The fourth-order valence-corrected chi connectivity index (χ4v) is 2.72. The minimum Gasteiger partial charge on any atom is -0.382 e. The topological polar surface area (TPSA) is 12.0 Å². The number of fused-ring (bicyclic) bond motifs is 1. The van der Waals surface area contributed by atoms with Gasteiger partial charge in [-0.1, -0.05) is 48.5 Å². The van der Waals surface area contributed by atoms with Gasteiger partial charge in [-0.25, -0.2) is 0 Å². The Labute approximate surface area is 102 Å². The van der Waals surface area contributed by atoms with Crippen molar-refractivity contribution >= 4 is 5.69 Å². The first-order valence-electron chi connectivity index (χ1n) is 6.24. The van der Waals surface area contributed by atoms with E-state index < -0.39 is 0 Å². The average molecular weight is 223 g/mol. The molecule has 1 heteroatoms. The molecule has 3 rings (SSSR count).